The number of carbonyl (C=O) groups excluding carboxylic acids is 1. The van der Waals surface area contributed by atoms with Crippen molar-refractivity contribution < 1.29 is 14.3 Å². The highest BCUT2D eigenvalue weighted by molar-refractivity contribution is 5.73. The standard InChI is InChI=1S/C10H20N2O3/c1-4-10(14-5-2)8-12(6-7-15-10)9(13)11-3/h4-8H2,1-3H3,(H,11,13). The number of hydrogen-bond acceptors (Lipinski definition) is 3. The van der Waals surface area contributed by atoms with Crippen LogP contribution in [0.2, 0.25) is 0 Å². The quantitative estimate of drug-likeness (QED) is 0.759. The molecule has 1 saturated heterocycles. The Labute approximate surface area is 90.7 Å². The largest absolute Gasteiger partial charge is 0.348 e. The van der Waals surface area contributed by atoms with Gasteiger partial charge in [0.25, 0.3) is 0 Å². The van der Waals surface area contributed by atoms with Crippen molar-refractivity contribution in [3.63, 3.8) is 0 Å². The summed E-state index contributed by atoms with van der Waals surface area (Å²) < 4.78 is 11.2. The summed E-state index contributed by atoms with van der Waals surface area (Å²) in [5.41, 5.74) is 0. The Bertz CT molecular complexity index is 219. The third kappa shape index (κ3) is 2.82. The molecule has 0 bridgehead atoms. The van der Waals surface area contributed by atoms with Gasteiger partial charge < -0.3 is 19.7 Å². The summed E-state index contributed by atoms with van der Waals surface area (Å²) in [5.74, 6) is -0.612. The first-order valence-electron chi connectivity index (χ1n) is 5.42. The van der Waals surface area contributed by atoms with Gasteiger partial charge in [0, 0.05) is 26.6 Å². The number of morpholine rings is 1. The summed E-state index contributed by atoms with van der Waals surface area (Å²) in [6.45, 7) is 6.17. The van der Waals surface area contributed by atoms with Crippen molar-refractivity contribution in [2.75, 3.05) is 33.4 Å². The predicted octanol–water partition coefficient (Wildman–Crippen LogP) is 0.801. The van der Waals surface area contributed by atoms with Gasteiger partial charge in [-0.3, -0.25) is 0 Å². The summed E-state index contributed by atoms with van der Waals surface area (Å²) in [7, 11) is 1.63. The predicted molar refractivity (Wildman–Crippen MR) is 56.6 cm³/mol. The van der Waals surface area contributed by atoms with E-state index in [0.29, 0.717) is 26.3 Å². The minimum absolute atomic E-state index is 0.0733. The molecule has 0 spiro atoms. The zero-order chi connectivity index (χ0) is 11.3. The minimum Gasteiger partial charge on any atom is -0.348 e. The second kappa shape index (κ2) is 5.32. The van der Waals surface area contributed by atoms with Crippen molar-refractivity contribution in [3.05, 3.63) is 0 Å². The van der Waals surface area contributed by atoms with Gasteiger partial charge in [0.1, 0.15) is 0 Å². The number of urea groups is 1. The molecule has 1 aliphatic rings. The zero-order valence-corrected chi connectivity index (χ0v) is 9.71. The number of carbonyl (C=O) groups is 1. The van der Waals surface area contributed by atoms with Gasteiger partial charge in [-0.05, 0) is 6.92 Å². The van der Waals surface area contributed by atoms with Crippen molar-refractivity contribution >= 4 is 6.03 Å². The lowest BCUT2D eigenvalue weighted by molar-refractivity contribution is -0.260. The maximum atomic E-state index is 11.5. The Morgan fingerprint density at radius 2 is 2.33 bits per heavy atom. The van der Waals surface area contributed by atoms with Crippen LogP contribution in [0.5, 0.6) is 0 Å². The topological polar surface area (TPSA) is 50.8 Å². The molecule has 0 aliphatic carbocycles. The SMILES string of the molecule is CCOC1(CC)CN(C(=O)NC)CCO1. The highest BCUT2D eigenvalue weighted by Crippen LogP contribution is 2.23. The molecular formula is C10H20N2O3. The molecule has 15 heavy (non-hydrogen) atoms. The number of hydrogen-bond donors (Lipinski definition) is 1. The summed E-state index contributed by atoms with van der Waals surface area (Å²) in [6.07, 6.45) is 0.744. The molecule has 1 unspecified atom stereocenters. The highest BCUT2D eigenvalue weighted by atomic mass is 16.7. The molecular weight excluding hydrogens is 196 g/mol. The van der Waals surface area contributed by atoms with Crippen LogP contribution in [0, 0.1) is 0 Å². The summed E-state index contributed by atoms with van der Waals surface area (Å²) in [5, 5.41) is 2.61. The van der Waals surface area contributed by atoms with E-state index in [1.54, 1.807) is 11.9 Å². The molecule has 1 aliphatic heterocycles. The summed E-state index contributed by atoms with van der Waals surface area (Å²) in [4.78, 5) is 13.2. The first-order valence-corrected chi connectivity index (χ1v) is 5.42. The van der Waals surface area contributed by atoms with Crippen LogP contribution in [-0.2, 0) is 9.47 Å². The van der Waals surface area contributed by atoms with Gasteiger partial charge in [-0.25, -0.2) is 4.79 Å². The third-order valence-electron chi connectivity index (χ3n) is 2.61. The molecule has 0 aromatic carbocycles. The molecule has 1 atom stereocenters. The molecule has 0 saturated carbocycles. The first kappa shape index (κ1) is 12.3. The maximum Gasteiger partial charge on any atom is 0.317 e. The smallest absolute Gasteiger partial charge is 0.317 e. The average molecular weight is 216 g/mol. The Kier molecular flexibility index (Phi) is 4.35. The van der Waals surface area contributed by atoms with Crippen LogP contribution in [0.3, 0.4) is 0 Å². The normalized spacial score (nSPS) is 26.5. The van der Waals surface area contributed by atoms with Gasteiger partial charge in [-0.2, -0.15) is 0 Å². The van der Waals surface area contributed by atoms with Gasteiger partial charge in [0.2, 0.25) is 0 Å². The van der Waals surface area contributed by atoms with E-state index >= 15 is 0 Å². The number of nitrogens with zero attached hydrogens (tertiary/aromatic N) is 1. The second-order valence-electron chi connectivity index (χ2n) is 3.52. The van der Waals surface area contributed by atoms with E-state index in [1.165, 1.54) is 0 Å². The molecule has 1 heterocycles. The van der Waals surface area contributed by atoms with Crippen LogP contribution in [0.1, 0.15) is 20.3 Å². The molecule has 2 amide bonds. The maximum absolute atomic E-state index is 11.5. The molecule has 1 rings (SSSR count). The Morgan fingerprint density at radius 3 is 2.87 bits per heavy atom. The lowest BCUT2D eigenvalue weighted by Crippen LogP contribution is -2.56. The van der Waals surface area contributed by atoms with Crippen LogP contribution < -0.4 is 5.32 Å². The van der Waals surface area contributed by atoms with Gasteiger partial charge in [-0.15, -0.1) is 0 Å². The number of ether oxygens (including phenoxy) is 2. The van der Waals surface area contributed by atoms with E-state index in [2.05, 4.69) is 5.32 Å². The third-order valence-corrected chi connectivity index (χ3v) is 2.61. The van der Waals surface area contributed by atoms with Crippen molar-refractivity contribution in [1.29, 1.82) is 0 Å². The molecule has 0 aromatic rings. The van der Waals surface area contributed by atoms with Crippen LogP contribution in [0.15, 0.2) is 0 Å². The Balaban J connectivity index is 2.63. The molecule has 1 N–H and O–H groups in total. The second-order valence-corrected chi connectivity index (χ2v) is 3.52. The van der Waals surface area contributed by atoms with Crippen LogP contribution in [-0.4, -0.2) is 50.1 Å². The molecule has 0 radical (unpaired) electrons. The van der Waals surface area contributed by atoms with Gasteiger partial charge >= 0.3 is 6.03 Å². The van der Waals surface area contributed by atoms with E-state index in [4.69, 9.17) is 9.47 Å². The number of rotatable bonds is 3. The monoisotopic (exact) mass is 216 g/mol. The summed E-state index contributed by atoms with van der Waals surface area (Å²) >= 11 is 0. The first-order chi connectivity index (χ1) is 7.17. The van der Waals surface area contributed by atoms with E-state index in [1.807, 2.05) is 13.8 Å². The fourth-order valence-corrected chi connectivity index (χ4v) is 1.76. The van der Waals surface area contributed by atoms with E-state index in [0.717, 1.165) is 6.42 Å². The number of amides is 2. The van der Waals surface area contributed by atoms with Crippen molar-refractivity contribution in [1.82, 2.24) is 10.2 Å². The average Bonchev–Trinajstić information content (AvgIpc) is 2.28. The Morgan fingerprint density at radius 1 is 1.60 bits per heavy atom. The zero-order valence-electron chi connectivity index (χ0n) is 9.71. The van der Waals surface area contributed by atoms with Gasteiger partial charge in [0.05, 0.1) is 13.2 Å². The molecule has 1 fully saturated rings. The van der Waals surface area contributed by atoms with Crippen molar-refractivity contribution in [2.24, 2.45) is 0 Å². The minimum atomic E-state index is -0.612. The van der Waals surface area contributed by atoms with Crippen LogP contribution in [0.4, 0.5) is 4.79 Å². The van der Waals surface area contributed by atoms with Crippen molar-refractivity contribution in [2.45, 2.75) is 26.1 Å². The highest BCUT2D eigenvalue weighted by Gasteiger charge is 2.37. The van der Waals surface area contributed by atoms with Gasteiger partial charge in [0.15, 0.2) is 5.79 Å². The van der Waals surface area contributed by atoms with E-state index in [-0.39, 0.29) is 6.03 Å². The lowest BCUT2D eigenvalue weighted by Gasteiger charge is -2.41. The molecule has 88 valence electrons. The molecule has 0 aromatic heterocycles. The number of nitrogens with one attached hydrogen (secondary N) is 1. The molecule has 5 nitrogen and oxygen atoms in total. The van der Waals surface area contributed by atoms with Gasteiger partial charge in [-0.1, -0.05) is 6.92 Å². The fraction of sp³-hybridized carbons (Fsp3) is 0.900. The Hall–Kier alpha value is -0.810. The van der Waals surface area contributed by atoms with Crippen LogP contribution in [0.25, 0.3) is 0 Å². The summed E-state index contributed by atoms with van der Waals surface area (Å²) in [6, 6.07) is -0.0733. The molecule has 5 heteroatoms. The van der Waals surface area contributed by atoms with Crippen molar-refractivity contribution in [3.8, 4) is 0 Å². The lowest BCUT2D eigenvalue weighted by atomic mass is 10.1. The van der Waals surface area contributed by atoms with Crippen LogP contribution >= 0.6 is 0 Å². The van der Waals surface area contributed by atoms with E-state index in [9.17, 15) is 4.79 Å². The fourth-order valence-electron chi connectivity index (χ4n) is 1.76. The van der Waals surface area contributed by atoms with E-state index < -0.39 is 5.79 Å².